The Morgan fingerprint density at radius 1 is 1.47 bits per heavy atom. The lowest BCUT2D eigenvalue weighted by Gasteiger charge is -2.14. The normalized spacial score (nSPS) is 14.9. The van der Waals surface area contributed by atoms with Gasteiger partial charge in [-0.05, 0) is 30.7 Å². The van der Waals surface area contributed by atoms with Gasteiger partial charge in [0.05, 0.1) is 5.52 Å². The minimum Gasteiger partial charge on any atom is -0.464 e. The molecule has 0 fully saturated rings. The smallest absolute Gasteiger partial charge is 0.416 e. The zero-order valence-electron chi connectivity index (χ0n) is 9.03. The quantitative estimate of drug-likeness (QED) is 0.755. The summed E-state index contributed by atoms with van der Waals surface area (Å²) >= 11 is 5.94. The standard InChI is InChI=1S/C12H11ClN2O2/c13-7-1-2-8-9-3-4-14-6-11(9)15(12(16)17)10(8)5-7/h1-2,5,14H,3-4,6H2,(H,16,17). The fourth-order valence-corrected chi connectivity index (χ4v) is 2.65. The van der Waals surface area contributed by atoms with Crippen LogP contribution in [0.25, 0.3) is 10.9 Å². The average molecular weight is 251 g/mol. The molecule has 4 nitrogen and oxygen atoms in total. The van der Waals surface area contributed by atoms with Crippen molar-refractivity contribution in [1.29, 1.82) is 0 Å². The van der Waals surface area contributed by atoms with E-state index in [-0.39, 0.29) is 0 Å². The van der Waals surface area contributed by atoms with Gasteiger partial charge in [-0.25, -0.2) is 9.36 Å². The zero-order valence-corrected chi connectivity index (χ0v) is 9.79. The predicted molar refractivity (Wildman–Crippen MR) is 65.8 cm³/mol. The van der Waals surface area contributed by atoms with Crippen molar-refractivity contribution in [1.82, 2.24) is 9.88 Å². The Kier molecular flexibility index (Phi) is 2.34. The van der Waals surface area contributed by atoms with Crippen LogP contribution in [0.15, 0.2) is 18.2 Å². The van der Waals surface area contributed by atoms with Crippen LogP contribution in [0.2, 0.25) is 5.02 Å². The number of carboxylic acid groups (broad SMARTS) is 1. The Morgan fingerprint density at radius 2 is 2.29 bits per heavy atom. The van der Waals surface area contributed by atoms with Gasteiger partial charge in [-0.15, -0.1) is 0 Å². The molecule has 0 spiro atoms. The second-order valence-corrected chi connectivity index (χ2v) is 4.57. The number of fused-ring (bicyclic) bond motifs is 3. The summed E-state index contributed by atoms with van der Waals surface area (Å²) in [6.07, 6.45) is -0.101. The van der Waals surface area contributed by atoms with E-state index >= 15 is 0 Å². The summed E-state index contributed by atoms with van der Waals surface area (Å²) < 4.78 is 1.34. The minimum absolute atomic E-state index is 0.558. The summed E-state index contributed by atoms with van der Waals surface area (Å²) in [6.45, 7) is 1.47. The minimum atomic E-state index is -0.956. The van der Waals surface area contributed by atoms with Gasteiger partial charge >= 0.3 is 6.09 Å². The van der Waals surface area contributed by atoms with Crippen molar-refractivity contribution in [3.05, 3.63) is 34.5 Å². The molecule has 1 aromatic heterocycles. The highest BCUT2D eigenvalue weighted by atomic mass is 35.5. The molecule has 17 heavy (non-hydrogen) atoms. The molecule has 2 heterocycles. The maximum absolute atomic E-state index is 11.4. The number of rotatable bonds is 0. The summed E-state index contributed by atoms with van der Waals surface area (Å²) in [5.41, 5.74) is 2.64. The van der Waals surface area contributed by atoms with Crippen LogP contribution in [-0.2, 0) is 13.0 Å². The highest BCUT2D eigenvalue weighted by Crippen LogP contribution is 2.30. The molecule has 3 rings (SSSR count). The second kappa shape index (κ2) is 3.75. The summed E-state index contributed by atoms with van der Waals surface area (Å²) in [5.74, 6) is 0. The second-order valence-electron chi connectivity index (χ2n) is 4.13. The van der Waals surface area contributed by atoms with E-state index in [2.05, 4.69) is 5.32 Å². The molecule has 0 bridgehead atoms. The van der Waals surface area contributed by atoms with E-state index in [0.717, 1.165) is 29.6 Å². The lowest BCUT2D eigenvalue weighted by atomic mass is 10.1. The Hall–Kier alpha value is -1.52. The number of hydrogen-bond donors (Lipinski definition) is 2. The number of hydrogen-bond acceptors (Lipinski definition) is 2. The Bertz CT molecular complexity index is 618. The molecule has 0 saturated heterocycles. The summed E-state index contributed by atoms with van der Waals surface area (Å²) in [6, 6.07) is 5.42. The number of nitrogens with one attached hydrogen (secondary N) is 1. The number of nitrogens with zero attached hydrogens (tertiary/aromatic N) is 1. The topological polar surface area (TPSA) is 54.3 Å². The molecule has 0 unspecified atom stereocenters. The Labute approximate surface area is 103 Å². The van der Waals surface area contributed by atoms with Crippen LogP contribution in [0.4, 0.5) is 4.79 Å². The number of halogens is 1. The summed E-state index contributed by atoms with van der Waals surface area (Å²) in [4.78, 5) is 11.4. The van der Waals surface area contributed by atoms with Gasteiger partial charge in [0, 0.05) is 22.6 Å². The van der Waals surface area contributed by atoms with Gasteiger partial charge in [-0.3, -0.25) is 0 Å². The molecule has 0 amide bonds. The van der Waals surface area contributed by atoms with Gasteiger partial charge in [0.15, 0.2) is 0 Å². The molecule has 2 aromatic rings. The van der Waals surface area contributed by atoms with Crippen LogP contribution < -0.4 is 5.32 Å². The van der Waals surface area contributed by atoms with Gasteiger partial charge in [0.25, 0.3) is 0 Å². The fraction of sp³-hybridized carbons (Fsp3) is 0.250. The highest BCUT2D eigenvalue weighted by molar-refractivity contribution is 6.31. The van der Waals surface area contributed by atoms with Gasteiger partial charge < -0.3 is 10.4 Å². The molecule has 2 N–H and O–H groups in total. The molecule has 88 valence electrons. The third-order valence-corrected chi connectivity index (χ3v) is 3.41. The lowest BCUT2D eigenvalue weighted by Crippen LogP contribution is -2.26. The van der Waals surface area contributed by atoms with E-state index in [1.54, 1.807) is 12.1 Å². The van der Waals surface area contributed by atoms with Crippen LogP contribution >= 0.6 is 11.6 Å². The van der Waals surface area contributed by atoms with Crippen LogP contribution in [-0.4, -0.2) is 22.3 Å². The van der Waals surface area contributed by atoms with Crippen molar-refractivity contribution in [2.45, 2.75) is 13.0 Å². The largest absolute Gasteiger partial charge is 0.464 e. The molecule has 1 aromatic carbocycles. The fourth-order valence-electron chi connectivity index (χ4n) is 2.48. The maximum Gasteiger partial charge on any atom is 0.416 e. The molecule has 1 aliphatic heterocycles. The van der Waals surface area contributed by atoms with Gasteiger partial charge in [-0.2, -0.15) is 0 Å². The number of carbonyl (C=O) groups is 1. The van der Waals surface area contributed by atoms with E-state index in [1.165, 1.54) is 4.57 Å². The molecular formula is C12H11ClN2O2. The third kappa shape index (κ3) is 1.52. The van der Waals surface area contributed by atoms with E-state index in [9.17, 15) is 9.90 Å². The van der Waals surface area contributed by atoms with Crippen molar-refractivity contribution in [2.75, 3.05) is 6.54 Å². The van der Waals surface area contributed by atoms with Gasteiger partial charge in [-0.1, -0.05) is 17.7 Å². The van der Waals surface area contributed by atoms with E-state index in [0.29, 0.717) is 17.1 Å². The molecule has 0 radical (unpaired) electrons. The third-order valence-electron chi connectivity index (χ3n) is 3.18. The highest BCUT2D eigenvalue weighted by Gasteiger charge is 2.22. The van der Waals surface area contributed by atoms with Crippen molar-refractivity contribution in [3.63, 3.8) is 0 Å². The van der Waals surface area contributed by atoms with Crippen LogP contribution in [0.5, 0.6) is 0 Å². The molecule has 0 saturated carbocycles. The molecule has 5 heteroatoms. The Morgan fingerprint density at radius 3 is 3.06 bits per heavy atom. The first-order valence-corrected chi connectivity index (χ1v) is 5.82. The van der Waals surface area contributed by atoms with Gasteiger partial charge in [0.1, 0.15) is 0 Å². The van der Waals surface area contributed by atoms with Crippen molar-refractivity contribution < 1.29 is 9.90 Å². The van der Waals surface area contributed by atoms with Crippen LogP contribution in [0.1, 0.15) is 11.3 Å². The monoisotopic (exact) mass is 250 g/mol. The zero-order chi connectivity index (χ0) is 12.0. The van der Waals surface area contributed by atoms with Crippen LogP contribution in [0.3, 0.4) is 0 Å². The van der Waals surface area contributed by atoms with Crippen LogP contribution in [0, 0.1) is 0 Å². The first-order valence-electron chi connectivity index (χ1n) is 5.44. The number of aromatic nitrogens is 1. The first-order chi connectivity index (χ1) is 8.18. The molecule has 0 aliphatic carbocycles. The molecule has 1 aliphatic rings. The summed E-state index contributed by atoms with van der Waals surface area (Å²) in [5, 5.41) is 14.1. The van der Waals surface area contributed by atoms with Gasteiger partial charge in [0.2, 0.25) is 0 Å². The molecular weight excluding hydrogens is 240 g/mol. The number of benzene rings is 1. The summed E-state index contributed by atoms with van der Waals surface area (Å²) in [7, 11) is 0. The lowest BCUT2D eigenvalue weighted by molar-refractivity contribution is 0.196. The van der Waals surface area contributed by atoms with Crippen molar-refractivity contribution in [3.8, 4) is 0 Å². The SMILES string of the molecule is O=C(O)n1c2c(c3ccc(Cl)cc31)CCNC2. The van der Waals surface area contributed by atoms with E-state index < -0.39 is 6.09 Å². The van der Waals surface area contributed by atoms with Crippen molar-refractivity contribution in [2.24, 2.45) is 0 Å². The first kappa shape index (κ1) is 10.6. The van der Waals surface area contributed by atoms with Crippen molar-refractivity contribution >= 4 is 28.6 Å². The average Bonchev–Trinajstić information content (AvgIpc) is 2.62. The Balaban J connectivity index is 2.42. The predicted octanol–water partition coefficient (Wildman–Crippen LogP) is 2.47. The van der Waals surface area contributed by atoms with E-state index in [4.69, 9.17) is 11.6 Å². The maximum atomic E-state index is 11.4. The molecule has 0 atom stereocenters. The van der Waals surface area contributed by atoms with E-state index in [1.807, 2.05) is 6.07 Å².